The number of nitrogens with zero attached hydrogens (tertiary/aromatic N) is 1. The van der Waals surface area contributed by atoms with Gasteiger partial charge in [-0.05, 0) is 42.0 Å². The monoisotopic (exact) mass is 328 g/mol. The summed E-state index contributed by atoms with van der Waals surface area (Å²) in [5.74, 6) is -0.667. The van der Waals surface area contributed by atoms with E-state index in [-0.39, 0.29) is 30.7 Å². The molecule has 0 radical (unpaired) electrons. The van der Waals surface area contributed by atoms with Crippen molar-refractivity contribution in [2.45, 2.75) is 6.42 Å². The van der Waals surface area contributed by atoms with Crippen molar-refractivity contribution in [2.24, 2.45) is 0 Å². The Morgan fingerprint density at radius 2 is 2.00 bits per heavy atom. The van der Waals surface area contributed by atoms with Crippen molar-refractivity contribution < 1.29 is 18.7 Å². The first-order chi connectivity index (χ1) is 11.6. The largest absolute Gasteiger partial charge is 0.370 e. The van der Waals surface area contributed by atoms with E-state index >= 15 is 0 Å². The van der Waals surface area contributed by atoms with Gasteiger partial charge in [-0.3, -0.25) is 9.59 Å². The Morgan fingerprint density at radius 1 is 1.21 bits per heavy atom. The zero-order valence-electron chi connectivity index (χ0n) is 13.0. The molecule has 1 aliphatic heterocycles. The fourth-order valence-electron chi connectivity index (χ4n) is 2.55. The summed E-state index contributed by atoms with van der Waals surface area (Å²) in [6.45, 7) is 1.12. The summed E-state index contributed by atoms with van der Waals surface area (Å²) in [6.07, 6.45) is 0.0987. The van der Waals surface area contributed by atoms with Crippen molar-refractivity contribution in [3.05, 3.63) is 59.9 Å². The number of halogens is 1. The van der Waals surface area contributed by atoms with E-state index in [1.807, 2.05) is 0 Å². The highest BCUT2D eigenvalue weighted by Gasteiger charge is 2.19. The SMILES string of the molecule is O=C(Cc1cccc(F)c1)Nc1ccc(N2CCOCC2=O)cc1. The van der Waals surface area contributed by atoms with Crippen LogP contribution < -0.4 is 10.2 Å². The van der Waals surface area contributed by atoms with Crippen molar-refractivity contribution in [1.82, 2.24) is 0 Å². The van der Waals surface area contributed by atoms with E-state index < -0.39 is 0 Å². The van der Waals surface area contributed by atoms with Gasteiger partial charge in [0.25, 0.3) is 5.91 Å². The number of anilines is 2. The molecule has 0 unspecified atom stereocenters. The Labute approximate surface area is 139 Å². The quantitative estimate of drug-likeness (QED) is 0.937. The van der Waals surface area contributed by atoms with E-state index in [0.717, 1.165) is 5.69 Å². The number of hydrogen-bond donors (Lipinski definition) is 1. The minimum Gasteiger partial charge on any atom is -0.370 e. The van der Waals surface area contributed by atoms with E-state index in [1.54, 1.807) is 41.3 Å². The minimum absolute atomic E-state index is 0.0795. The zero-order valence-corrected chi connectivity index (χ0v) is 13.0. The van der Waals surface area contributed by atoms with Crippen LogP contribution in [0.15, 0.2) is 48.5 Å². The Hall–Kier alpha value is -2.73. The number of ether oxygens (including phenoxy) is 1. The Bertz CT molecular complexity index is 746. The molecule has 1 N–H and O–H groups in total. The lowest BCUT2D eigenvalue weighted by molar-refractivity contribution is -0.125. The van der Waals surface area contributed by atoms with Gasteiger partial charge in [0.15, 0.2) is 0 Å². The van der Waals surface area contributed by atoms with Gasteiger partial charge >= 0.3 is 0 Å². The zero-order chi connectivity index (χ0) is 16.9. The van der Waals surface area contributed by atoms with E-state index in [1.165, 1.54) is 12.1 Å². The van der Waals surface area contributed by atoms with E-state index in [2.05, 4.69) is 5.32 Å². The van der Waals surface area contributed by atoms with Crippen molar-refractivity contribution in [2.75, 3.05) is 30.0 Å². The van der Waals surface area contributed by atoms with Crippen LogP contribution in [0.3, 0.4) is 0 Å². The average molecular weight is 328 g/mol. The van der Waals surface area contributed by atoms with E-state index in [9.17, 15) is 14.0 Å². The normalized spacial score (nSPS) is 14.5. The highest BCUT2D eigenvalue weighted by Crippen LogP contribution is 2.19. The van der Waals surface area contributed by atoms with Crippen LogP contribution in [0.4, 0.5) is 15.8 Å². The molecule has 1 fully saturated rings. The van der Waals surface area contributed by atoms with Crippen LogP contribution in [0.1, 0.15) is 5.56 Å². The van der Waals surface area contributed by atoms with Crippen LogP contribution in [0.2, 0.25) is 0 Å². The van der Waals surface area contributed by atoms with Gasteiger partial charge < -0.3 is 15.0 Å². The number of nitrogens with one attached hydrogen (secondary N) is 1. The van der Waals surface area contributed by atoms with Gasteiger partial charge in [0, 0.05) is 17.9 Å². The Kier molecular flexibility index (Phi) is 4.86. The third kappa shape index (κ3) is 3.97. The smallest absolute Gasteiger partial charge is 0.253 e. The third-order valence-electron chi connectivity index (χ3n) is 3.70. The van der Waals surface area contributed by atoms with Crippen LogP contribution in [0.25, 0.3) is 0 Å². The second-order valence-electron chi connectivity index (χ2n) is 5.50. The molecule has 6 heteroatoms. The van der Waals surface area contributed by atoms with Crippen LogP contribution in [0, 0.1) is 5.82 Å². The van der Waals surface area contributed by atoms with Gasteiger partial charge in [0.1, 0.15) is 12.4 Å². The predicted octanol–water partition coefficient (Wildman–Crippen LogP) is 2.37. The second kappa shape index (κ2) is 7.23. The van der Waals surface area contributed by atoms with Gasteiger partial charge in [0.2, 0.25) is 5.91 Å². The summed E-state index contributed by atoms with van der Waals surface area (Å²) in [4.78, 5) is 25.5. The van der Waals surface area contributed by atoms with Crippen LogP contribution in [-0.2, 0) is 20.7 Å². The fraction of sp³-hybridized carbons (Fsp3) is 0.222. The first-order valence-corrected chi connectivity index (χ1v) is 7.64. The fourth-order valence-corrected chi connectivity index (χ4v) is 2.55. The van der Waals surface area contributed by atoms with Gasteiger partial charge in [-0.15, -0.1) is 0 Å². The first-order valence-electron chi connectivity index (χ1n) is 7.64. The topological polar surface area (TPSA) is 58.6 Å². The summed E-state index contributed by atoms with van der Waals surface area (Å²) >= 11 is 0. The molecule has 2 aromatic carbocycles. The molecule has 3 rings (SSSR count). The highest BCUT2D eigenvalue weighted by atomic mass is 19.1. The molecular formula is C18H17FN2O3. The molecule has 1 aliphatic rings. The number of carbonyl (C=O) groups is 2. The average Bonchev–Trinajstić information content (AvgIpc) is 2.56. The van der Waals surface area contributed by atoms with Crippen molar-refractivity contribution in [1.29, 1.82) is 0 Å². The van der Waals surface area contributed by atoms with Crippen LogP contribution in [-0.4, -0.2) is 31.6 Å². The first kappa shape index (κ1) is 16.1. The molecule has 2 aromatic rings. The van der Waals surface area contributed by atoms with Gasteiger partial charge in [-0.1, -0.05) is 12.1 Å². The lowest BCUT2D eigenvalue weighted by Gasteiger charge is -2.26. The third-order valence-corrected chi connectivity index (χ3v) is 3.70. The lowest BCUT2D eigenvalue weighted by Crippen LogP contribution is -2.41. The molecule has 0 aliphatic carbocycles. The number of carbonyl (C=O) groups excluding carboxylic acids is 2. The van der Waals surface area contributed by atoms with E-state index in [4.69, 9.17) is 4.74 Å². The standard InChI is InChI=1S/C18H17FN2O3/c19-14-3-1-2-13(10-14)11-17(22)20-15-4-6-16(7-5-15)21-8-9-24-12-18(21)23/h1-7,10H,8-9,11-12H2,(H,20,22). The molecule has 0 bridgehead atoms. The summed E-state index contributed by atoms with van der Waals surface area (Å²) in [6, 6.07) is 13.0. The second-order valence-corrected chi connectivity index (χ2v) is 5.50. The summed E-state index contributed by atoms with van der Waals surface area (Å²) in [7, 11) is 0. The molecule has 24 heavy (non-hydrogen) atoms. The predicted molar refractivity (Wildman–Crippen MR) is 88.3 cm³/mol. The molecule has 0 atom stereocenters. The number of benzene rings is 2. The molecule has 2 amide bonds. The summed E-state index contributed by atoms with van der Waals surface area (Å²) in [5, 5.41) is 2.76. The highest BCUT2D eigenvalue weighted by molar-refractivity contribution is 5.96. The lowest BCUT2D eigenvalue weighted by atomic mass is 10.1. The molecule has 5 nitrogen and oxygen atoms in total. The number of morpholine rings is 1. The van der Waals surface area contributed by atoms with Gasteiger partial charge in [-0.2, -0.15) is 0 Å². The molecule has 0 saturated carbocycles. The molecule has 0 aromatic heterocycles. The van der Waals surface area contributed by atoms with Crippen LogP contribution in [0.5, 0.6) is 0 Å². The minimum atomic E-state index is -0.361. The van der Waals surface area contributed by atoms with Gasteiger partial charge in [0.05, 0.1) is 13.0 Å². The molecular weight excluding hydrogens is 311 g/mol. The molecule has 1 heterocycles. The van der Waals surface area contributed by atoms with Crippen molar-refractivity contribution >= 4 is 23.2 Å². The Morgan fingerprint density at radius 3 is 2.71 bits per heavy atom. The molecule has 124 valence electrons. The summed E-state index contributed by atoms with van der Waals surface area (Å²) in [5.41, 5.74) is 2.01. The van der Waals surface area contributed by atoms with Crippen LogP contribution >= 0.6 is 0 Å². The van der Waals surface area contributed by atoms with Gasteiger partial charge in [-0.25, -0.2) is 4.39 Å². The maximum absolute atomic E-state index is 13.1. The summed E-state index contributed by atoms with van der Waals surface area (Å²) < 4.78 is 18.2. The number of hydrogen-bond acceptors (Lipinski definition) is 3. The van der Waals surface area contributed by atoms with Crippen molar-refractivity contribution in [3.63, 3.8) is 0 Å². The number of rotatable bonds is 4. The maximum Gasteiger partial charge on any atom is 0.253 e. The maximum atomic E-state index is 13.1. The molecule has 1 saturated heterocycles. The Balaban J connectivity index is 1.61. The van der Waals surface area contributed by atoms with E-state index in [0.29, 0.717) is 24.4 Å². The molecule has 0 spiro atoms. The number of amides is 2. The van der Waals surface area contributed by atoms with Crippen molar-refractivity contribution in [3.8, 4) is 0 Å².